The number of carbonyl (C=O) groups is 2. The Balaban J connectivity index is 1.76. The number of allylic oxidation sites excluding steroid dienone is 1. The van der Waals surface area contributed by atoms with Gasteiger partial charge in [0.2, 0.25) is 0 Å². The Hall–Kier alpha value is -2.88. The van der Waals surface area contributed by atoms with E-state index in [0.29, 0.717) is 6.42 Å². The number of fused-ring (bicyclic) bond motifs is 1. The SMILES string of the molecule is CC(C)(C)OC(=O)NC(CC1=CCc2ccccc21)C(=O)Cc1ccccc1. The molecule has 146 valence electrons. The van der Waals surface area contributed by atoms with Crippen molar-refractivity contribution >= 4 is 17.4 Å². The van der Waals surface area contributed by atoms with Crippen LogP contribution < -0.4 is 5.32 Å². The second kappa shape index (κ2) is 8.42. The lowest BCUT2D eigenvalue weighted by Crippen LogP contribution is -2.44. The summed E-state index contributed by atoms with van der Waals surface area (Å²) in [6, 6.07) is 17.1. The van der Waals surface area contributed by atoms with Gasteiger partial charge in [0.05, 0.1) is 6.04 Å². The minimum absolute atomic E-state index is 0.0256. The van der Waals surface area contributed by atoms with Gasteiger partial charge < -0.3 is 10.1 Å². The molecule has 0 fully saturated rings. The minimum atomic E-state index is -0.632. The molecule has 3 rings (SSSR count). The smallest absolute Gasteiger partial charge is 0.408 e. The van der Waals surface area contributed by atoms with Gasteiger partial charge >= 0.3 is 6.09 Å². The summed E-state index contributed by atoms with van der Waals surface area (Å²) in [6.07, 6.45) is 3.17. The number of Topliss-reactive ketones (excluding diaryl/α,β-unsaturated/α-hetero) is 1. The molecule has 0 radical (unpaired) electrons. The molecule has 28 heavy (non-hydrogen) atoms. The molecule has 1 amide bonds. The number of hydrogen-bond acceptors (Lipinski definition) is 3. The van der Waals surface area contributed by atoms with Crippen LogP contribution in [0.1, 0.15) is 43.9 Å². The lowest BCUT2D eigenvalue weighted by Gasteiger charge is -2.23. The van der Waals surface area contributed by atoms with Crippen LogP contribution in [0.3, 0.4) is 0 Å². The van der Waals surface area contributed by atoms with Crippen LogP contribution in [0.15, 0.2) is 60.7 Å². The second-order valence-electron chi connectivity index (χ2n) is 8.12. The summed E-state index contributed by atoms with van der Waals surface area (Å²) >= 11 is 0. The maximum Gasteiger partial charge on any atom is 0.408 e. The predicted octanol–water partition coefficient (Wildman–Crippen LogP) is 4.72. The van der Waals surface area contributed by atoms with E-state index in [0.717, 1.165) is 23.1 Å². The zero-order valence-electron chi connectivity index (χ0n) is 16.7. The highest BCUT2D eigenvalue weighted by atomic mass is 16.6. The van der Waals surface area contributed by atoms with Gasteiger partial charge in [-0.2, -0.15) is 0 Å². The number of ketones is 1. The molecule has 0 heterocycles. The van der Waals surface area contributed by atoms with E-state index in [1.165, 1.54) is 5.56 Å². The summed E-state index contributed by atoms with van der Waals surface area (Å²) < 4.78 is 5.38. The fraction of sp³-hybridized carbons (Fsp3) is 0.333. The van der Waals surface area contributed by atoms with Crippen LogP contribution in [0.2, 0.25) is 0 Å². The molecule has 2 aromatic rings. The van der Waals surface area contributed by atoms with Gasteiger partial charge in [0.15, 0.2) is 5.78 Å². The van der Waals surface area contributed by atoms with Crippen molar-refractivity contribution in [3.8, 4) is 0 Å². The van der Waals surface area contributed by atoms with Crippen molar-refractivity contribution in [1.82, 2.24) is 5.32 Å². The highest BCUT2D eigenvalue weighted by molar-refractivity contribution is 5.91. The van der Waals surface area contributed by atoms with Crippen LogP contribution in [0.4, 0.5) is 4.79 Å². The monoisotopic (exact) mass is 377 g/mol. The molecule has 0 aromatic heterocycles. The van der Waals surface area contributed by atoms with E-state index in [2.05, 4.69) is 23.5 Å². The van der Waals surface area contributed by atoms with Gasteiger partial charge in [0.1, 0.15) is 5.60 Å². The number of carbonyl (C=O) groups excluding carboxylic acids is 2. The van der Waals surface area contributed by atoms with Gasteiger partial charge in [-0.25, -0.2) is 4.79 Å². The van der Waals surface area contributed by atoms with Crippen LogP contribution >= 0.6 is 0 Å². The number of amides is 1. The third kappa shape index (κ3) is 5.32. The number of rotatable bonds is 6. The van der Waals surface area contributed by atoms with E-state index in [-0.39, 0.29) is 12.2 Å². The topological polar surface area (TPSA) is 55.4 Å². The quantitative estimate of drug-likeness (QED) is 0.792. The molecule has 4 heteroatoms. The normalized spacial score (nSPS) is 14.0. The van der Waals surface area contributed by atoms with E-state index in [1.54, 1.807) is 0 Å². The van der Waals surface area contributed by atoms with Crippen molar-refractivity contribution in [3.63, 3.8) is 0 Å². The highest BCUT2D eigenvalue weighted by Gasteiger charge is 2.27. The van der Waals surface area contributed by atoms with E-state index in [1.807, 2.05) is 63.2 Å². The summed E-state index contributed by atoms with van der Waals surface area (Å²) in [5, 5.41) is 2.80. The minimum Gasteiger partial charge on any atom is -0.444 e. The number of benzene rings is 2. The molecule has 1 aliphatic carbocycles. The molecular weight excluding hydrogens is 350 g/mol. The van der Waals surface area contributed by atoms with Gasteiger partial charge in [0, 0.05) is 12.8 Å². The van der Waals surface area contributed by atoms with Crippen LogP contribution in [0, 0.1) is 0 Å². The molecular formula is C24H27NO3. The molecule has 1 N–H and O–H groups in total. The average molecular weight is 377 g/mol. The number of hydrogen-bond donors (Lipinski definition) is 1. The fourth-order valence-corrected chi connectivity index (χ4v) is 3.38. The van der Waals surface area contributed by atoms with Crippen molar-refractivity contribution in [2.24, 2.45) is 0 Å². The van der Waals surface area contributed by atoms with Gasteiger partial charge in [-0.1, -0.05) is 60.7 Å². The zero-order valence-corrected chi connectivity index (χ0v) is 16.7. The van der Waals surface area contributed by atoms with E-state index in [4.69, 9.17) is 4.74 Å². The van der Waals surface area contributed by atoms with Gasteiger partial charge in [-0.05, 0) is 49.5 Å². The Morgan fingerprint density at radius 2 is 1.71 bits per heavy atom. The van der Waals surface area contributed by atoms with Crippen molar-refractivity contribution in [3.05, 3.63) is 77.4 Å². The first kappa shape index (κ1) is 19.9. The maximum absolute atomic E-state index is 13.0. The first-order valence-corrected chi connectivity index (χ1v) is 9.65. The molecule has 0 saturated heterocycles. The Morgan fingerprint density at radius 3 is 2.43 bits per heavy atom. The van der Waals surface area contributed by atoms with Crippen LogP contribution in [0.25, 0.3) is 5.57 Å². The molecule has 1 unspecified atom stereocenters. The lowest BCUT2D eigenvalue weighted by molar-refractivity contribution is -0.120. The lowest BCUT2D eigenvalue weighted by atomic mass is 9.95. The summed E-state index contributed by atoms with van der Waals surface area (Å²) in [5.41, 5.74) is 3.83. The first-order chi connectivity index (χ1) is 13.3. The molecule has 4 nitrogen and oxygen atoms in total. The van der Waals surface area contributed by atoms with Crippen molar-refractivity contribution in [1.29, 1.82) is 0 Å². The Kier molecular flexibility index (Phi) is 5.98. The highest BCUT2D eigenvalue weighted by Crippen LogP contribution is 2.30. The van der Waals surface area contributed by atoms with Crippen molar-refractivity contribution in [2.45, 2.75) is 51.7 Å². The van der Waals surface area contributed by atoms with Crippen molar-refractivity contribution in [2.75, 3.05) is 0 Å². The Labute approximate surface area is 166 Å². The van der Waals surface area contributed by atoms with Crippen LogP contribution in [-0.4, -0.2) is 23.5 Å². The second-order valence-corrected chi connectivity index (χ2v) is 8.12. The third-order valence-corrected chi connectivity index (χ3v) is 4.66. The first-order valence-electron chi connectivity index (χ1n) is 9.65. The number of ether oxygens (including phenoxy) is 1. The third-order valence-electron chi connectivity index (χ3n) is 4.66. The number of alkyl carbamates (subject to hydrolysis) is 1. The molecule has 0 saturated carbocycles. The summed E-state index contributed by atoms with van der Waals surface area (Å²) in [5.74, 6) is -0.0256. The summed E-state index contributed by atoms with van der Waals surface area (Å²) in [7, 11) is 0. The van der Waals surface area contributed by atoms with Gasteiger partial charge in [-0.15, -0.1) is 0 Å². The predicted molar refractivity (Wildman–Crippen MR) is 111 cm³/mol. The van der Waals surface area contributed by atoms with Crippen LogP contribution in [0.5, 0.6) is 0 Å². The molecule has 1 atom stereocenters. The Morgan fingerprint density at radius 1 is 1.04 bits per heavy atom. The molecule has 1 aliphatic rings. The fourth-order valence-electron chi connectivity index (χ4n) is 3.38. The van der Waals surface area contributed by atoms with Gasteiger partial charge in [0.25, 0.3) is 0 Å². The number of nitrogens with one attached hydrogen (secondary N) is 1. The molecule has 0 spiro atoms. The van der Waals surface area contributed by atoms with Crippen LogP contribution in [-0.2, 0) is 22.4 Å². The standard InChI is InChI=1S/C24H27NO3/c1-24(2,3)28-23(27)25-21(22(26)15-17-9-5-4-6-10-17)16-19-14-13-18-11-7-8-12-20(18)19/h4-12,14,21H,13,15-16H2,1-3H3,(H,25,27). The van der Waals surface area contributed by atoms with Gasteiger partial charge in [-0.3, -0.25) is 4.79 Å². The average Bonchev–Trinajstić information content (AvgIpc) is 3.03. The molecule has 0 aliphatic heterocycles. The molecule has 0 bridgehead atoms. The maximum atomic E-state index is 13.0. The Bertz CT molecular complexity index is 878. The van der Waals surface area contributed by atoms with E-state index >= 15 is 0 Å². The summed E-state index contributed by atoms with van der Waals surface area (Å²) in [4.78, 5) is 25.4. The zero-order chi connectivity index (χ0) is 20.1. The molecule has 2 aromatic carbocycles. The van der Waals surface area contributed by atoms with E-state index < -0.39 is 17.7 Å². The van der Waals surface area contributed by atoms with E-state index in [9.17, 15) is 9.59 Å². The summed E-state index contributed by atoms with van der Waals surface area (Å²) in [6.45, 7) is 5.43. The largest absolute Gasteiger partial charge is 0.444 e. The van der Waals surface area contributed by atoms with Crippen molar-refractivity contribution < 1.29 is 14.3 Å².